The highest BCUT2D eigenvalue weighted by atomic mass is 35.5. The van der Waals surface area contributed by atoms with Gasteiger partial charge in [-0.3, -0.25) is 10.1 Å². The van der Waals surface area contributed by atoms with Crippen molar-refractivity contribution in [1.29, 1.82) is 0 Å². The molecule has 2 N–H and O–H groups in total. The minimum Gasteiger partial charge on any atom is -0.370 e. The number of nitrogens with zero attached hydrogens (tertiary/aromatic N) is 1. The van der Waals surface area contributed by atoms with Gasteiger partial charge in [0.15, 0.2) is 5.11 Å². The number of hydrogen-bond acceptors (Lipinski definition) is 3. The maximum absolute atomic E-state index is 12.3. The number of thiocarbonyl (C=S) groups is 1. The Hall–Kier alpha value is -1.53. The molecule has 1 saturated heterocycles. The summed E-state index contributed by atoms with van der Waals surface area (Å²) in [6.07, 6.45) is 2.36. The van der Waals surface area contributed by atoms with E-state index in [1.54, 1.807) is 24.3 Å². The van der Waals surface area contributed by atoms with Crippen molar-refractivity contribution in [2.75, 3.05) is 23.3 Å². The van der Waals surface area contributed by atoms with Crippen LogP contribution in [0.3, 0.4) is 0 Å². The van der Waals surface area contributed by atoms with Gasteiger partial charge in [-0.05, 0) is 55.4 Å². The summed E-state index contributed by atoms with van der Waals surface area (Å²) < 4.78 is 0. The fourth-order valence-corrected chi connectivity index (χ4v) is 3.71. The standard InChI is InChI=1S/C18H16Cl3N3OS/c19-13-5-3-4-12(16(13)21)17(25)23-18(26)22-11-6-7-15(14(20)10-11)24-8-1-2-9-24/h3-7,10H,1-2,8-9H2,(H2,22,23,25,26). The average Bonchev–Trinajstić information content (AvgIpc) is 3.11. The Labute approximate surface area is 172 Å². The Bertz CT molecular complexity index is 854. The van der Waals surface area contributed by atoms with E-state index in [4.69, 9.17) is 47.0 Å². The molecule has 2 aromatic carbocycles. The molecule has 1 fully saturated rings. The third-order valence-corrected chi connectivity index (χ3v) is 5.40. The summed E-state index contributed by atoms with van der Waals surface area (Å²) >= 11 is 23.6. The van der Waals surface area contributed by atoms with Gasteiger partial charge in [0.25, 0.3) is 5.91 Å². The number of rotatable bonds is 3. The van der Waals surface area contributed by atoms with Crippen molar-refractivity contribution >= 4 is 69.4 Å². The summed E-state index contributed by atoms with van der Waals surface area (Å²) in [5.74, 6) is -0.435. The first-order valence-electron chi connectivity index (χ1n) is 8.06. The van der Waals surface area contributed by atoms with Crippen LogP contribution < -0.4 is 15.5 Å². The van der Waals surface area contributed by atoms with Gasteiger partial charge in [0.1, 0.15) is 0 Å². The van der Waals surface area contributed by atoms with E-state index in [9.17, 15) is 4.79 Å². The molecule has 8 heteroatoms. The lowest BCUT2D eigenvalue weighted by atomic mass is 10.2. The lowest BCUT2D eigenvalue weighted by Gasteiger charge is -2.20. The van der Waals surface area contributed by atoms with Crippen LogP contribution in [0.25, 0.3) is 0 Å². The predicted molar refractivity (Wildman–Crippen MR) is 113 cm³/mol. The second-order valence-electron chi connectivity index (χ2n) is 5.87. The summed E-state index contributed by atoms with van der Waals surface area (Å²) in [7, 11) is 0. The van der Waals surface area contributed by atoms with Crippen molar-refractivity contribution in [3.05, 3.63) is 57.0 Å². The van der Waals surface area contributed by atoms with Crippen LogP contribution in [0, 0.1) is 0 Å². The zero-order valence-corrected chi connectivity index (χ0v) is 16.8. The van der Waals surface area contributed by atoms with E-state index in [0.29, 0.717) is 15.7 Å². The molecule has 2 aromatic rings. The van der Waals surface area contributed by atoms with Crippen molar-refractivity contribution < 1.29 is 4.79 Å². The summed E-state index contributed by atoms with van der Waals surface area (Å²) in [5, 5.41) is 6.83. The van der Waals surface area contributed by atoms with Gasteiger partial charge < -0.3 is 10.2 Å². The Morgan fingerprint density at radius 2 is 1.77 bits per heavy atom. The van der Waals surface area contributed by atoms with Crippen molar-refractivity contribution in [1.82, 2.24) is 5.32 Å². The summed E-state index contributed by atoms with van der Waals surface area (Å²) in [6, 6.07) is 10.5. The maximum Gasteiger partial charge on any atom is 0.258 e. The fourth-order valence-electron chi connectivity index (χ4n) is 2.81. The van der Waals surface area contributed by atoms with Gasteiger partial charge in [-0.2, -0.15) is 0 Å². The molecule has 0 saturated carbocycles. The molecule has 0 bridgehead atoms. The number of nitrogens with one attached hydrogen (secondary N) is 2. The molecule has 0 aliphatic carbocycles. The molecular weight excluding hydrogens is 413 g/mol. The van der Waals surface area contributed by atoms with Crippen LogP contribution in [-0.4, -0.2) is 24.1 Å². The number of benzene rings is 2. The Balaban J connectivity index is 1.65. The predicted octanol–water partition coefficient (Wildman–Crippen LogP) is 5.37. The highest BCUT2D eigenvalue weighted by molar-refractivity contribution is 7.80. The van der Waals surface area contributed by atoms with Gasteiger partial charge >= 0.3 is 0 Å². The van der Waals surface area contributed by atoms with Crippen LogP contribution in [0.15, 0.2) is 36.4 Å². The summed E-state index contributed by atoms with van der Waals surface area (Å²) in [5.41, 5.74) is 1.96. The first-order valence-corrected chi connectivity index (χ1v) is 9.61. The average molecular weight is 429 g/mol. The molecule has 4 nitrogen and oxygen atoms in total. The second-order valence-corrected chi connectivity index (χ2v) is 7.47. The van der Waals surface area contributed by atoms with Crippen LogP contribution in [0.4, 0.5) is 11.4 Å². The smallest absolute Gasteiger partial charge is 0.258 e. The highest BCUT2D eigenvalue weighted by Gasteiger charge is 2.16. The molecule has 0 spiro atoms. The van der Waals surface area contributed by atoms with Crippen molar-refractivity contribution in [2.45, 2.75) is 12.8 Å². The summed E-state index contributed by atoms with van der Waals surface area (Å²) in [4.78, 5) is 14.6. The molecule has 136 valence electrons. The monoisotopic (exact) mass is 427 g/mol. The van der Waals surface area contributed by atoms with Crippen LogP contribution in [0.2, 0.25) is 15.1 Å². The number of hydrogen-bond donors (Lipinski definition) is 2. The SMILES string of the molecule is O=C(NC(=S)Nc1ccc(N2CCCC2)c(Cl)c1)c1cccc(Cl)c1Cl. The zero-order chi connectivity index (χ0) is 18.7. The quantitative estimate of drug-likeness (QED) is 0.645. The van der Waals surface area contributed by atoms with E-state index in [1.165, 1.54) is 12.8 Å². The van der Waals surface area contributed by atoms with Gasteiger partial charge in [0.05, 0.1) is 26.3 Å². The Morgan fingerprint density at radius 3 is 2.46 bits per heavy atom. The lowest BCUT2D eigenvalue weighted by molar-refractivity contribution is 0.0978. The van der Waals surface area contributed by atoms with Crippen LogP contribution in [-0.2, 0) is 0 Å². The third-order valence-electron chi connectivity index (χ3n) is 4.08. The number of amides is 1. The second kappa shape index (κ2) is 8.44. The van der Waals surface area contributed by atoms with E-state index < -0.39 is 5.91 Å². The van der Waals surface area contributed by atoms with Crippen LogP contribution in [0.5, 0.6) is 0 Å². The number of carbonyl (C=O) groups excluding carboxylic acids is 1. The van der Waals surface area contributed by atoms with E-state index in [1.807, 2.05) is 12.1 Å². The molecule has 0 atom stereocenters. The van der Waals surface area contributed by atoms with Crippen LogP contribution >= 0.6 is 47.0 Å². The van der Waals surface area contributed by atoms with E-state index in [-0.39, 0.29) is 15.7 Å². The van der Waals surface area contributed by atoms with Crippen LogP contribution in [0.1, 0.15) is 23.2 Å². The van der Waals surface area contributed by atoms with Gasteiger partial charge in [-0.1, -0.05) is 40.9 Å². The zero-order valence-electron chi connectivity index (χ0n) is 13.7. The number of carbonyl (C=O) groups is 1. The van der Waals surface area contributed by atoms with Crippen molar-refractivity contribution in [3.8, 4) is 0 Å². The number of anilines is 2. The van der Waals surface area contributed by atoms with Crippen molar-refractivity contribution in [2.24, 2.45) is 0 Å². The van der Waals surface area contributed by atoms with Gasteiger partial charge in [0.2, 0.25) is 0 Å². The fraction of sp³-hybridized carbons (Fsp3) is 0.222. The third kappa shape index (κ3) is 4.41. The van der Waals surface area contributed by atoms with E-state index >= 15 is 0 Å². The molecule has 1 aliphatic rings. The largest absolute Gasteiger partial charge is 0.370 e. The van der Waals surface area contributed by atoms with Gasteiger partial charge in [-0.25, -0.2) is 0 Å². The first kappa shape index (κ1) is 19.2. The molecule has 26 heavy (non-hydrogen) atoms. The van der Waals surface area contributed by atoms with E-state index in [0.717, 1.165) is 18.8 Å². The molecule has 1 amide bonds. The molecule has 1 heterocycles. The summed E-state index contributed by atoms with van der Waals surface area (Å²) in [6.45, 7) is 2.03. The highest BCUT2D eigenvalue weighted by Crippen LogP contribution is 2.31. The maximum atomic E-state index is 12.3. The molecule has 0 aromatic heterocycles. The molecule has 1 aliphatic heterocycles. The van der Waals surface area contributed by atoms with Gasteiger partial charge in [0, 0.05) is 18.8 Å². The lowest BCUT2D eigenvalue weighted by Crippen LogP contribution is -2.34. The normalized spacial score (nSPS) is 13.6. The molecule has 0 radical (unpaired) electrons. The molecule has 3 rings (SSSR count). The van der Waals surface area contributed by atoms with E-state index in [2.05, 4.69) is 15.5 Å². The molecule has 0 unspecified atom stereocenters. The molecular formula is C18H16Cl3N3OS. The Morgan fingerprint density at radius 1 is 1.04 bits per heavy atom. The number of halogens is 3. The topological polar surface area (TPSA) is 44.4 Å². The minimum atomic E-state index is -0.435. The Kier molecular flexibility index (Phi) is 6.24. The van der Waals surface area contributed by atoms with Gasteiger partial charge in [-0.15, -0.1) is 0 Å². The first-order chi connectivity index (χ1) is 12.5. The van der Waals surface area contributed by atoms with Crippen molar-refractivity contribution in [3.63, 3.8) is 0 Å². The minimum absolute atomic E-state index is 0.149.